The molecule has 0 spiro atoms. The third kappa shape index (κ3) is 2.50. The number of rotatable bonds is 1. The number of halogens is 4. The highest BCUT2D eigenvalue weighted by Crippen LogP contribution is 2.35. The van der Waals surface area contributed by atoms with Gasteiger partial charge >= 0.3 is 6.18 Å². The van der Waals surface area contributed by atoms with E-state index in [2.05, 4.69) is 0 Å². The van der Waals surface area contributed by atoms with Crippen LogP contribution in [0.3, 0.4) is 0 Å². The van der Waals surface area contributed by atoms with Crippen molar-refractivity contribution >= 4 is 0 Å². The Balaban J connectivity index is 2.68. The van der Waals surface area contributed by atoms with Gasteiger partial charge in [0, 0.05) is 5.56 Å². The molecule has 0 fully saturated rings. The van der Waals surface area contributed by atoms with Gasteiger partial charge < -0.3 is 0 Å². The summed E-state index contributed by atoms with van der Waals surface area (Å²) in [7, 11) is 0. The van der Waals surface area contributed by atoms with Crippen LogP contribution in [0, 0.1) is 24.1 Å². The highest BCUT2D eigenvalue weighted by atomic mass is 19.4. The van der Waals surface area contributed by atoms with Crippen LogP contribution in [0.15, 0.2) is 36.4 Å². The van der Waals surface area contributed by atoms with Crippen molar-refractivity contribution in [2.45, 2.75) is 13.1 Å². The minimum Gasteiger partial charge on any atom is -0.205 e. The molecule has 102 valence electrons. The van der Waals surface area contributed by atoms with Crippen molar-refractivity contribution in [3.63, 3.8) is 0 Å². The van der Waals surface area contributed by atoms with E-state index in [1.807, 2.05) is 0 Å². The van der Waals surface area contributed by atoms with E-state index < -0.39 is 17.6 Å². The molecule has 0 amide bonds. The summed E-state index contributed by atoms with van der Waals surface area (Å²) in [6.07, 6.45) is -4.49. The van der Waals surface area contributed by atoms with Crippen LogP contribution in [-0.4, -0.2) is 0 Å². The molecule has 0 saturated carbocycles. The monoisotopic (exact) mass is 279 g/mol. The minimum atomic E-state index is -4.49. The van der Waals surface area contributed by atoms with Gasteiger partial charge in [-0.2, -0.15) is 18.4 Å². The first-order valence-electron chi connectivity index (χ1n) is 5.71. The summed E-state index contributed by atoms with van der Waals surface area (Å²) in [5.74, 6) is -0.808. The summed E-state index contributed by atoms with van der Waals surface area (Å²) in [5.41, 5.74) is -0.409. The number of hydrogen-bond donors (Lipinski definition) is 0. The lowest BCUT2D eigenvalue weighted by atomic mass is 9.96. The smallest absolute Gasteiger partial charge is 0.205 e. The van der Waals surface area contributed by atoms with Gasteiger partial charge in [-0.25, -0.2) is 4.39 Å². The Morgan fingerprint density at radius 1 is 1.05 bits per heavy atom. The largest absolute Gasteiger partial charge is 0.416 e. The molecule has 0 aliphatic rings. The number of nitrogens with zero attached hydrogens (tertiary/aromatic N) is 1. The van der Waals surface area contributed by atoms with Crippen LogP contribution >= 0.6 is 0 Å². The maximum absolute atomic E-state index is 14.1. The van der Waals surface area contributed by atoms with Gasteiger partial charge in [0.05, 0.1) is 11.1 Å². The van der Waals surface area contributed by atoms with Crippen LogP contribution in [0.5, 0.6) is 0 Å². The van der Waals surface area contributed by atoms with E-state index in [0.29, 0.717) is 5.56 Å². The summed E-state index contributed by atoms with van der Waals surface area (Å²) < 4.78 is 52.2. The summed E-state index contributed by atoms with van der Waals surface area (Å²) in [6.45, 7) is 1.59. The zero-order valence-corrected chi connectivity index (χ0v) is 10.4. The predicted molar refractivity (Wildman–Crippen MR) is 66.3 cm³/mol. The fourth-order valence-corrected chi connectivity index (χ4v) is 1.91. The quantitative estimate of drug-likeness (QED) is 0.694. The van der Waals surface area contributed by atoms with E-state index in [0.717, 1.165) is 12.1 Å². The van der Waals surface area contributed by atoms with Crippen molar-refractivity contribution in [1.29, 1.82) is 5.26 Å². The SMILES string of the molecule is Cc1ccc(C(F)(F)F)cc1-c1cccc(C#N)c1F. The fourth-order valence-electron chi connectivity index (χ4n) is 1.91. The summed E-state index contributed by atoms with van der Waals surface area (Å²) in [6, 6.07) is 8.89. The average molecular weight is 279 g/mol. The Morgan fingerprint density at radius 2 is 1.75 bits per heavy atom. The summed E-state index contributed by atoms with van der Waals surface area (Å²) >= 11 is 0. The van der Waals surface area contributed by atoms with Gasteiger partial charge in [-0.3, -0.25) is 0 Å². The molecular weight excluding hydrogens is 270 g/mol. The molecule has 0 heterocycles. The van der Waals surface area contributed by atoms with Gasteiger partial charge in [0.15, 0.2) is 0 Å². The number of alkyl halides is 3. The zero-order valence-electron chi connectivity index (χ0n) is 10.4. The van der Waals surface area contributed by atoms with Crippen molar-refractivity contribution in [3.8, 4) is 17.2 Å². The predicted octanol–water partition coefficient (Wildman–Crippen LogP) is 4.69. The molecule has 0 atom stereocenters. The van der Waals surface area contributed by atoms with Crippen LogP contribution in [-0.2, 0) is 6.18 Å². The van der Waals surface area contributed by atoms with E-state index in [1.165, 1.54) is 24.3 Å². The molecule has 2 aromatic rings. The Bertz CT molecular complexity index is 696. The molecule has 0 N–H and O–H groups in total. The fraction of sp³-hybridized carbons (Fsp3) is 0.133. The average Bonchev–Trinajstić information content (AvgIpc) is 2.38. The van der Waals surface area contributed by atoms with Crippen molar-refractivity contribution in [3.05, 3.63) is 58.9 Å². The molecule has 0 aromatic heterocycles. The lowest BCUT2D eigenvalue weighted by Crippen LogP contribution is -2.05. The van der Waals surface area contributed by atoms with Crippen molar-refractivity contribution in [2.24, 2.45) is 0 Å². The second-order valence-corrected chi connectivity index (χ2v) is 4.31. The molecule has 2 aromatic carbocycles. The molecule has 0 radical (unpaired) electrons. The number of benzene rings is 2. The van der Waals surface area contributed by atoms with E-state index in [9.17, 15) is 17.6 Å². The molecule has 1 nitrogen and oxygen atoms in total. The van der Waals surface area contributed by atoms with Crippen molar-refractivity contribution in [2.75, 3.05) is 0 Å². The maximum atomic E-state index is 14.1. The topological polar surface area (TPSA) is 23.8 Å². The van der Waals surface area contributed by atoms with Gasteiger partial charge in [-0.15, -0.1) is 0 Å². The first kappa shape index (κ1) is 14.1. The van der Waals surface area contributed by atoms with Crippen molar-refractivity contribution in [1.82, 2.24) is 0 Å². The lowest BCUT2D eigenvalue weighted by Gasteiger charge is -2.12. The maximum Gasteiger partial charge on any atom is 0.416 e. The molecule has 0 aliphatic carbocycles. The summed E-state index contributed by atoms with van der Waals surface area (Å²) in [4.78, 5) is 0. The normalized spacial score (nSPS) is 11.2. The molecule has 0 bridgehead atoms. The highest BCUT2D eigenvalue weighted by molar-refractivity contribution is 5.70. The standard InChI is InChI=1S/C15H9F4N/c1-9-5-6-11(15(17,18)19)7-13(9)12-4-2-3-10(8-20)14(12)16/h2-7H,1H3. The zero-order chi connectivity index (χ0) is 14.9. The summed E-state index contributed by atoms with van der Waals surface area (Å²) in [5, 5.41) is 8.77. The molecule has 0 aliphatic heterocycles. The third-order valence-corrected chi connectivity index (χ3v) is 2.97. The van der Waals surface area contributed by atoms with Gasteiger partial charge in [0.25, 0.3) is 0 Å². The molecule has 5 heteroatoms. The van der Waals surface area contributed by atoms with E-state index in [-0.39, 0.29) is 16.7 Å². The second kappa shape index (κ2) is 4.97. The van der Waals surface area contributed by atoms with Crippen LogP contribution in [0.25, 0.3) is 11.1 Å². The van der Waals surface area contributed by atoms with Gasteiger partial charge in [0.2, 0.25) is 0 Å². The molecular formula is C15H9F4N. The number of nitriles is 1. The lowest BCUT2D eigenvalue weighted by molar-refractivity contribution is -0.137. The minimum absolute atomic E-state index is 0.00681. The number of hydrogen-bond acceptors (Lipinski definition) is 1. The molecule has 20 heavy (non-hydrogen) atoms. The Morgan fingerprint density at radius 3 is 2.35 bits per heavy atom. The van der Waals surface area contributed by atoms with Gasteiger partial charge in [-0.05, 0) is 36.2 Å². The Labute approximate surface area is 113 Å². The highest BCUT2D eigenvalue weighted by Gasteiger charge is 2.31. The Kier molecular flexibility index (Phi) is 3.49. The van der Waals surface area contributed by atoms with Crippen LogP contribution in [0.2, 0.25) is 0 Å². The number of aryl methyl sites for hydroxylation is 1. The first-order valence-corrected chi connectivity index (χ1v) is 5.71. The van der Waals surface area contributed by atoms with Crippen molar-refractivity contribution < 1.29 is 17.6 Å². The second-order valence-electron chi connectivity index (χ2n) is 4.31. The van der Waals surface area contributed by atoms with Crippen LogP contribution in [0.1, 0.15) is 16.7 Å². The molecule has 0 unspecified atom stereocenters. The van der Waals surface area contributed by atoms with Crippen LogP contribution < -0.4 is 0 Å². The van der Waals surface area contributed by atoms with Crippen LogP contribution in [0.4, 0.5) is 17.6 Å². The Hall–Kier alpha value is -2.35. The van der Waals surface area contributed by atoms with E-state index >= 15 is 0 Å². The van der Waals surface area contributed by atoms with E-state index in [1.54, 1.807) is 13.0 Å². The molecule has 2 rings (SSSR count). The third-order valence-electron chi connectivity index (χ3n) is 2.97. The van der Waals surface area contributed by atoms with E-state index in [4.69, 9.17) is 5.26 Å². The molecule has 0 saturated heterocycles. The van der Waals surface area contributed by atoms with Gasteiger partial charge in [-0.1, -0.05) is 18.2 Å². The first-order chi connectivity index (χ1) is 9.34. The van der Waals surface area contributed by atoms with Gasteiger partial charge in [0.1, 0.15) is 11.9 Å².